The summed E-state index contributed by atoms with van der Waals surface area (Å²) in [7, 11) is 0. The van der Waals surface area contributed by atoms with Gasteiger partial charge in [0.2, 0.25) is 5.96 Å². The standard InChI is InChI=1S/C10H10N4O/c11-10(14-15)13-8-5-1-3-7-4-2-6-12-9(7)8/h1-6,15H,(H3,11,13,14). The van der Waals surface area contributed by atoms with Crippen molar-refractivity contribution in [2.45, 2.75) is 0 Å². The average molecular weight is 202 g/mol. The van der Waals surface area contributed by atoms with Gasteiger partial charge in [0.15, 0.2) is 0 Å². The normalized spacial score (nSPS) is 11.7. The number of fused-ring (bicyclic) bond motifs is 1. The van der Waals surface area contributed by atoms with E-state index in [4.69, 9.17) is 10.9 Å². The van der Waals surface area contributed by atoms with Crippen molar-refractivity contribution in [2.75, 3.05) is 0 Å². The molecule has 0 unspecified atom stereocenters. The Morgan fingerprint density at radius 1 is 1.33 bits per heavy atom. The lowest BCUT2D eigenvalue weighted by molar-refractivity contribution is 0.233. The summed E-state index contributed by atoms with van der Waals surface area (Å²) >= 11 is 0. The Morgan fingerprint density at radius 2 is 2.13 bits per heavy atom. The van der Waals surface area contributed by atoms with E-state index in [1.165, 1.54) is 0 Å². The van der Waals surface area contributed by atoms with E-state index >= 15 is 0 Å². The second-order valence-electron chi connectivity index (χ2n) is 2.96. The third-order valence-corrected chi connectivity index (χ3v) is 1.97. The number of nitrogens with two attached hydrogens (primary N) is 1. The predicted molar refractivity (Wildman–Crippen MR) is 57.9 cm³/mol. The number of hydroxylamine groups is 1. The maximum absolute atomic E-state index is 8.54. The lowest BCUT2D eigenvalue weighted by atomic mass is 10.2. The van der Waals surface area contributed by atoms with Gasteiger partial charge in [0.25, 0.3) is 0 Å². The Balaban J connectivity index is 2.61. The monoisotopic (exact) mass is 202 g/mol. The second-order valence-corrected chi connectivity index (χ2v) is 2.96. The minimum Gasteiger partial charge on any atom is -0.368 e. The van der Waals surface area contributed by atoms with Gasteiger partial charge in [0.1, 0.15) is 0 Å². The third-order valence-electron chi connectivity index (χ3n) is 1.97. The van der Waals surface area contributed by atoms with E-state index in [0.29, 0.717) is 5.69 Å². The van der Waals surface area contributed by atoms with Gasteiger partial charge in [0.05, 0.1) is 11.2 Å². The van der Waals surface area contributed by atoms with Crippen molar-refractivity contribution in [1.29, 1.82) is 0 Å². The zero-order chi connectivity index (χ0) is 10.7. The highest BCUT2D eigenvalue weighted by molar-refractivity contribution is 5.92. The number of hydrogen-bond donors (Lipinski definition) is 3. The molecule has 0 bridgehead atoms. The molecule has 0 aliphatic carbocycles. The summed E-state index contributed by atoms with van der Waals surface area (Å²) < 4.78 is 0. The summed E-state index contributed by atoms with van der Waals surface area (Å²) in [5, 5.41) is 9.52. The fourth-order valence-electron chi connectivity index (χ4n) is 1.33. The summed E-state index contributed by atoms with van der Waals surface area (Å²) in [4.78, 5) is 8.17. The average Bonchev–Trinajstić information content (AvgIpc) is 2.29. The van der Waals surface area contributed by atoms with Crippen molar-refractivity contribution >= 4 is 22.5 Å². The number of nitrogens with one attached hydrogen (secondary N) is 1. The second kappa shape index (κ2) is 3.93. The molecule has 4 N–H and O–H groups in total. The highest BCUT2D eigenvalue weighted by Crippen LogP contribution is 2.22. The van der Waals surface area contributed by atoms with Crippen LogP contribution < -0.4 is 11.2 Å². The van der Waals surface area contributed by atoms with Crippen molar-refractivity contribution in [3.8, 4) is 0 Å². The van der Waals surface area contributed by atoms with Crippen LogP contribution in [-0.2, 0) is 0 Å². The SMILES string of the molecule is NC(=Nc1cccc2cccnc12)NO. The number of nitrogens with zero attached hydrogens (tertiary/aromatic N) is 2. The molecule has 0 spiro atoms. The van der Waals surface area contributed by atoms with Gasteiger partial charge in [0, 0.05) is 11.6 Å². The Bertz CT molecular complexity index is 504. The van der Waals surface area contributed by atoms with Gasteiger partial charge in [-0.1, -0.05) is 18.2 Å². The fraction of sp³-hybridized carbons (Fsp3) is 0. The number of para-hydroxylation sites is 1. The van der Waals surface area contributed by atoms with Crippen molar-refractivity contribution < 1.29 is 5.21 Å². The summed E-state index contributed by atoms with van der Waals surface area (Å²) in [5.41, 5.74) is 8.50. The molecular formula is C10H10N4O. The summed E-state index contributed by atoms with van der Waals surface area (Å²) in [6.07, 6.45) is 1.68. The van der Waals surface area contributed by atoms with E-state index in [0.717, 1.165) is 10.9 Å². The molecule has 0 amide bonds. The van der Waals surface area contributed by atoms with Crippen LogP contribution >= 0.6 is 0 Å². The molecule has 0 aliphatic rings. The number of aromatic nitrogens is 1. The van der Waals surface area contributed by atoms with Gasteiger partial charge in [-0.25, -0.2) is 10.5 Å². The topological polar surface area (TPSA) is 83.5 Å². The molecule has 5 nitrogen and oxygen atoms in total. The summed E-state index contributed by atoms with van der Waals surface area (Å²) in [6.45, 7) is 0. The lowest BCUT2D eigenvalue weighted by Crippen LogP contribution is -2.27. The molecule has 1 aromatic carbocycles. The Labute approximate surface area is 86.2 Å². The van der Waals surface area contributed by atoms with Gasteiger partial charge in [-0.2, -0.15) is 0 Å². The molecule has 15 heavy (non-hydrogen) atoms. The first-order valence-electron chi connectivity index (χ1n) is 4.39. The molecule has 5 heteroatoms. The molecule has 0 atom stereocenters. The maximum atomic E-state index is 8.54. The van der Waals surface area contributed by atoms with Crippen molar-refractivity contribution in [3.05, 3.63) is 36.5 Å². The Morgan fingerprint density at radius 3 is 2.93 bits per heavy atom. The van der Waals surface area contributed by atoms with Gasteiger partial charge in [-0.3, -0.25) is 10.2 Å². The lowest BCUT2D eigenvalue weighted by Gasteiger charge is -2.01. The number of pyridine rings is 1. The molecule has 2 rings (SSSR count). The van der Waals surface area contributed by atoms with Crippen LogP contribution in [0.2, 0.25) is 0 Å². The van der Waals surface area contributed by atoms with Crippen LogP contribution in [0, 0.1) is 0 Å². The zero-order valence-electron chi connectivity index (χ0n) is 7.88. The van der Waals surface area contributed by atoms with E-state index in [-0.39, 0.29) is 5.96 Å². The minimum atomic E-state index is -0.0619. The molecule has 2 aromatic rings. The summed E-state index contributed by atoms with van der Waals surface area (Å²) in [5.74, 6) is -0.0619. The smallest absolute Gasteiger partial charge is 0.218 e. The molecule has 76 valence electrons. The first kappa shape index (κ1) is 9.42. The zero-order valence-corrected chi connectivity index (χ0v) is 7.88. The molecule has 0 saturated heterocycles. The van der Waals surface area contributed by atoms with Gasteiger partial charge in [-0.05, 0) is 12.1 Å². The van der Waals surface area contributed by atoms with Gasteiger partial charge < -0.3 is 5.73 Å². The highest BCUT2D eigenvalue weighted by Gasteiger charge is 2.00. The first-order valence-corrected chi connectivity index (χ1v) is 4.39. The first-order chi connectivity index (χ1) is 7.31. The molecule has 0 fully saturated rings. The minimum absolute atomic E-state index is 0.0619. The van der Waals surface area contributed by atoms with E-state index in [1.54, 1.807) is 17.7 Å². The highest BCUT2D eigenvalue weighted by atomic mass is 16.5. The quantitative estimate of drug-likeness (QED) is 0.368. The number of rotatable bonds is 1. The van der Waals surface area contributed by atoms with Crippen LogP contribution in [0.3, 0.4) is 0 Å². The van der Waals surface area contributed by atoms with Gasteiger partial charge >= 0.3 is 0 Å². The van der Waals surface area contributed by atoms with Crippen LogP contribution in [0.1, 0.15) is 0 Å². The predicted octanol–water partition coefficient (Wildman–Crippen LogP) is 1.16. The molecule has 0 radical (unpaired) electrons. The van der Waals surface area contributed by atoms with Crippen molar-refractivity contribution in [2.24, 2.45) is 10.7 Å². The van der Waals surface area contributed by atoms with Crippen LogP contribution in [-0.4, -0.2) is 16.2 Å². The van der Waals surface area contributed by atoms with Crippen molar-refractivity contribution in [3.63, 3.8) is 0 Å². The van der Waals surface area contributed by atoms with Crippen LogP contribution in [0.25, 0.3) is 10.9 Å². The number of guanidine groups is 1. The molecule has 0 saturated carbocycles. The third kappa shape index (κ3) is 1.87. The fourth-order valence-corrected chi connectivity index (χ4v) is 1.33. The van der Waals surface area contributed by atoms with E-state index in [1.807, 2.05) is 24.3 Å². The molecule has 0 aliphatic heterocycles. The molecule has 1 heterocycles. The van der Waals surface area contributed by atoms with Crippen LogP contribution in [0.4, 0.5) is 5.69 Å². The van der Waals surface area contributed by atoms with E-state index in [2.05, 4.69) is 9.98 Å². The number of benzene rings is 1. The molecule has 1 aromatic heterocycles. The van der Waals surface area contributed by atoms with Crippen molar-refractivity contribution in [1.82, 2.24) is 10.5 Å². The Kier molecular flexibility index (Phi) is 2.47. The summed E-state index contributed by atoms with van der Waals surface area (Å²) in [6, 6.07) is 9.35. The largest absolute Gasteiger partial charge is 0.368 e. The molecular weight excluding hydrogens is 192 g/mol. The number of aliphatic imine (C=N–C) groups is 1. The van der Waals surface area contributed by atoms with Crippen LogP contribution in [0.15, 0.2) is 41.5 Å². The van der Waals surface area contributed by atoms with Gasteiger partial charge in [-0.15, -0.1) is 0 Å². The Hall–Kier alpha value is -2.14. The van der Waals surface area contributed by atoms with E-state index in [9.17, 15) is 0 Å². The van der Waals surface area contributed by atoms with E-state index < -0.39 is 0 Å². The van der Waals surface area contributed by atoms with Crippen LogP contribution in [0.5, 0.6) is 0 Å². The number of hydrogen-bond acceptors (Lipinski definition) is 3. The maximum Gasteiger partial charge on any atom is 0.218 e.